The Balaban J connectivity index is 0.000000155. The van der Waals surface area contributed by atoms with E-state index >= 15 is 0 Å². The van der Waals surface area contributed by atoms with Crippen LogP contribution < -0.4 is 21.3 Å². The third-order valence-electron chi connectivity index (χ3n) is 7.39. The lowest BCUT2D eigenvalue weighted by molar-refractivity contribution is 0.313. The SMILES string of the molecule is CN1CCN(c2cccc(-c3cn[nH]c3N)c2)CC1.CN1CCN(c2cccc(-c3cn[nH]c3N)c2)CC1. The molecule has 200 valence electrons. The number of hydrogen-bond donors (Lipinski definition) is 4. The fourth-order valence-corrected chi connectivity index (χ4v) is 4.92. The number of anilines is 4. The van der Waals surface area contributed by atoms with Gasteiger partial charge in [0, 0.05) is 74.9 Å². The van der Waals surface area contributed by atoms with Crippen LogP contribution in [0.3, 0.4) is 0 Å². The maximum atomic E-state index is 5.88. The van der Waals surface area contributed by atoms with Crippen LogP contribution in [0.5, 0.6) is 0 Å². The highest BCUT2D eigenvalue weighted by Crippen LogP contribution is 2.29. The first-order chi connectivity index (χ1) is 18.5. The molecule has 10 heteroatoms. The largest absolute Gasteiger partial charge is 0.384 e. The van der Waals surface area contributed by atoms with Gasteiger partial charge in [0.2, 0.25) is 0 Å². The average Bonchev–Trinajstić information content (AvgIpc) is 3.58. The third kappa shape index (κ3) is 5.92. The van der Waals surface area contributed by atoms with Crippen LogP contribution in [0.4, 0.5) is 23.0 Å². The first kappa shape index (κ1) is 25.6. The van der Waals surface area contributed by atoms with Gasteiger partial charge in [-0.1, -0.05) is 24.3 Å². The Morgan fingerprint density at radius 3 is 1.34 bits per heavy atom. The highest BCUT2D eigenvalue weighted by atomic mass is 15.3. The number of nitrogens with two attached hydrogens (primary N) is 2. The van der Waals surface area contributed by atoms with Crippen molar-refractivity contribution in [2.45, 2.75) is 0 Å². The number of aromatic nitrogens is 4. The lowest BCUT2D eigenvalue weighted by Crippen LogP contribution is -2.44. The molecular weight excluding hydrogens is 476 g/mol. The van der Waals surface area contributed by atoms with Crippen molar-refractivity contribution in [3.8, 4) is 22.3 Å². The first-order valence-corrected chi connectivity index (χ1v) is 13.1. The minimum absolute atomic E-state index is 0.621. The third-order valence-corrected chi connectivity index (χ3v) is 7.39. The second-order valence-corrected chi connectivity index (χ2v) is 10.1. The van der Waals surface area contributed by atoms with Crippen LogP contribution in [-0.4, -0.2) is 96.6 Å². The van der Waals surface area contributed by atoms with E-state index in [0.717, 1.165) is 74.6 Å². The van der Waals surface area contributed by atoms with Crippen molar-refractivity contribution < 1.29 is 0 Å². The quantitative estimate of drug-likeness (QED) is 0.328. The summed E-state index contributed by atoms with van der Waals surface area (Å²) in [7, 11) is 4.33. The normalized spacial score (nSPS) is 16.8. The molecule has 0 aliphatic carbocycles. The number of nitrogens with one attached hydrogen (secondary N) is 2. The van der Waals surface area contributed by atoms with Gasteiger partial charge in [-0.2, -0.15) is 10.2 Å². The van der Waals surface area contributed by atoms with Crippen molar-refractivity contribution >= 4 is 23.0 Å². The minimum Gasteiger partial charge on any atom is -0.384 e. The number of likely N-dealkylation sites (N-methyl/N-ethyl adjacent to an activating group) is 2. The Morgan fingerprint density at radius 1 is 0.605 bits per heavy atom. The molecule has 0 amide bonds. The van der Waals surface area contributed by atoms with Gasteiger partial charge in [-0.15, -0.1) is 0 Å². The second-order valence-electron chi connectivity index (χ2n) is 10.1. The molecule has 10 nitrogen and oxygen atoms in total. The first-order valence-electron chi connectivity index (χ1n) is 13.1. The van der Waals surface area contributed by atoms with E-state index < -0.39 is 0 Å². The fourth-order valence-electron chi connectivity index (χ4n) is 4.92. The number of piperazine rings is 2. The topological polar surface area (TPSA) is 122 Å². The molecule has 0 bridgehead atoms. The van der Waals surface area contributed by atoms with E-state index in [-0.39, 0.29) is 0 Å². The molecule has 4 aromatic rings. The van der Waals surface area contributed by atoms with E-state index in [9.17, 15) is 0 Å². The second kappa shape index (κ2) is 11.6. The van der Waals surface area contributed by atoms with Crippen LogP contribution in [0.1, 0.15) is 0 Å². The van der Waals surface area contributed by atoms with Crippen molar-refractivity contribution in [3.05, 3.63) is 60.9 Å². The monoisotopic (exact) mass is 514 g/mol. The zero-order chi connectivity index (χ0) is 26.5. The Bertz CT molecular complexity index is 1210. The molecule has 6 rings (SSSR count). The summed E-state index contributed by atoms with van der Waals surface area (Å²) in [6, 6.07) is 17.0. The molecule has 2 saturated heterocycles. The Hall–Kier alpha value is -4.02. The van der Waals surface area contributed by atoms with Crippen molar-refractivity contribution in [2.24, 2.45) is 0 Å². The number of hydrogen-bond acceptors (Lipinski definition) is 8. The highest BCUT2D eigenvalue weighted by molar-refractivity contribution is 5.76. The maximum absolute atomic E-state index is 5.88. The van der Waals surface area contributed by atoms with E-state index in [1.54, 1.807) is 12.4 Å². The predicted octanol–water partition coefficient (Wildman–Crippen LogP) is 2.82. The molecule has 6 N–H and O–H groups in total. The molecule has 38 heavy (non-hydrogen) atoms. The van der Waals surface area contributed by atoms with Gasteiger partial charge in [0.15, 0.2) is 0 Å². The van der Waals surface area contributed by atoms with E-state index in [0.29, 0.717) is 11.6 Å². The van der Waals surface area contributed by atoms with E-state index in [4.69, 9.17) is 11.5 Å². The van der Waals surface area contributed by atoms with Crippen molar-refractivity contribution in [1.29, 1.82) is 0 Å². The molecule has 0 atom stereocenters. The molecule has 0 saturated carbocycles. The predicted molar refractivity (Wildman–Crippen MR) is 156 cm³/mol. The van der Waals surface area contributed by atoms with E-state index in [2.05, 4.69) is 103 Å². The molecular formula is C28H38N10. The summed E-state index contributed by atoms with van der Waals surface area (Å²) in [5.41, 5.74) is 18.4. The van der Waals surface area contributed by atoms with Crippen LogP contribution >= 0.6 is 0 Å². The van der Waals surface area contributed by atoms with Gasteiger partial charge in [-0.3, -0.25) is 10.2 Å². The number of nitrogen functional groups attached to an aromatic ring is 2. The van der Waals surface area contributed by atoms with Crippen LogP contribution in [0.2, 0.25) is 0 Å². The highest BCUT2D eigenvalue weighted by Gasteiger charge is 2.16. The van der Waals surface area contributed by atoms with Gasteiger partial charge >= 0.3 is 0 Å². The zero-order valence-electron chi connectivity index (χ0n) is 22.3. The van der Waals surface area contributed by atoms with Gasteiger partial charge < -0.3 is 31.1 Å². The Morgan fingerprint density at radius 2 is 1.00 bits per heavy atom. The smallest absolute Gasteiger partial charge is 0.126 e. The van der Waals surface area contributed by atoms with Gasteiger partial charge in [-0.25, -0.2) is 0 Å². The van der Waals surface area contributed by atoms with E-state index in [1.807, 2.05) is 0 Å². The van der Waals surface area contributed by atoms with Crippen LogP contribution in [0.15, 0.2) is 60.9 Å². The molecule has 2 aliphatic rings. The fraction of sp³-hybridized carbons (Fsp3) is 0.357. The summed E-state index contributed by atoms with van der Waals surface area (Å²) in [4.78, 5) is 9.54. The number of benzene rings is 2. The molecule has 0 radical (unpaired) electrons. The van der Waals surface area contributed by atoms with Crippen molar-refractivity contribution in [2.75, 3.05) is 87.7 Å². The molecule has 2 aromatic heterocycles. The van der Waals surface area contributed by atoms with Crippen LogP contribution in [-0.2, 0) is 0 Å². The molecule has 2 fully saturated rings. The van der Waals surface area contributed by atoms with Crippen molar-refractivity contribution in [1.82, 2.24) is 30.2 Å². The summed E-state index contributed by atoms with van der Waals surface area (Å²) in [6.45, 7) is 8.72. The Kier molecular flexibility index (Phi) is 7.81. The number of rotatable bonds is 4. The number of H-pyrrole nitrogens is 2. The molecule has 0 unspecified atom stereocenters. The van der Waals surface area contributed by atoms with Gasteiger partial charge in [0.1, 0.15) is 11.6 Å². The Labute approximate surface area is 224 Å². The lowest BCUT2D eigenvalue weighted by atomic mass is 10.1. The number of aromatic amines is 2. The molecule has 4 heterocycles. The van der Waals surface area contributed by atoms with Gasteiger partial charge in [0.05, 0.1) is 12.4 Å². The van der Waals surface area contributed by atoms with Gasteiger partial charge in [0.25, 0.3) is 0 Å². The summed E-state index contributed by atoms with van der Waals surface area (Å²) in [5.74, 6) is 1.24. The number of nitrogens with zero attached hydrogens (tertiary/aromatic N) is 6. The average molecular weight is 515 g/mol. The molecule has 0 spiro atoms. The van der Waals surface area contributed by atoms with Crippen molar-refractivity contribution in [3.63, 3.8) is 0 Å². The van der Waals surface area contributed by atoms with Crippen LogP contribution in [0.25, 0.3) is 22.3 Å². The molecule has 2 aromatic carbocycles. The van der Waals surface area contributed by atoms with E-state index in [1.165, 1.54) is 11.4 Å². The zero-order valence-corrected chi connectivity index (χ0v) is 22.3. The summed E-state index contributed by atoms with van der Waals surface area (Å²) in [5, 5.41) is 13.5. The summed E-state index contributed by atoms with van der Waals surface area (Å²) >= 11 is 0. The van der Waals surface area contributed by atoms with Crippen LogP contribution in [0, 0.1) is 0 Å². The molecule has 2 aliphatic heterocycles. The minimum atomic E-state index is 0.621. The standard InChI is InChI=1S/2C14H19N5/c2*1-18-5-7-19(8-6-18)12-4-2-3-11(9-12)13-10-16-17-14(13)15/h2*2-4,9-10H,5-8H2,1H3,(H3,15,16,17). The summed E-state index contributed by atoms with van der Waals surface area (Å²) < 4.78 is 0. The van der Waals surface area contributed by atoms with Gasteiger partial charge in [-0.05, 0) is 49.5 Å². The summed E-state index contributed by atoms with van der Waals surface area (Å²) in [6.07, 6.45) is 3.55. The lowest BCUT2D eigenvalue weighted by Gasteiger charge is -2.34. The maximum Gasteiger partial charge on any atom is 0.126 e.